The minimum atomic E-state index is 0.879. The van der Waals surface area contributed by atoms with Crippen molar-refractivity contribution in [2.75, 3.05) is 4.90 Å². The van der Waals surface area contributed by atoms with Gasteiger partial charge < -0.3 is 13.9 Å². The molecule has 0 amide bonds. The SMILES string of the molecule is c1ccc(-c2cccc(-c3cccc(N(c4ccc(-c5ccc(-n6c7ccccc7c7ccccc76)cc5)cc4)c4ccccc4-c4cccc5oc6ccccc6c45)c3)c2)cc1. The van der Waals surface area contributed by atoms with Crippen LogP contribution in [0.2, 0.25) is 0 Å². The van der Waals surface area contributed by atoms with Gasteiger partial charge in [0, 0.05) is 44.2 Å². The smallest absolute Gasteiger partial charge is 0.136 e. The number of anilines is 3. The third kappa shape index (κ3) is 6.38. The van der Waals surface area contributed by atoms with Gasteiger partial charge in [0.25, 0.3) is 0 Å². The molecule has 0 unspecified atom stereocenters. The van der Waals surface area contributed by atoms with E-state index in [0.29, 0.717) is 0 Å². The average molecular weight is 805 g/mol. The molecular weight excluding hydrogens is 765 g/mol. The van der Waals surface area contributed by atoms with Gasteiger partial charge in [-0.05, 0) is 112 Å². The van der Waals surface area contributed by atoms with Crippen LogP contribution in [0.25, 0.3) is 93.9 Å². The Morgan fingerprint density at radius 1 is 0.317 bits per heavy atom. The van der Waals surface area contributed by atoms with Crippen molar-refractivity contribution < 1.29 is 4.42 Å². The Morgan fingerprint density at radius 3 is 1.57 bits per heavy atom. The van der Waals surface area contributed by atoms with Crippen molar-refractivity contribution in [1.82, 2.24) is 4.57 Å². The molecule has 2 aromatic heterocycles. The van der Waals surface area contributed by atoms with Gasteiger partial charge >= 0.3 is 0 Å². The summed E-state index contributed by atoms with van der Waals surface area (Å²) in [6.45, 7) is 0. The summed E-state index contributed by atoms with van der Waals surface area (Å²) in [6, 6.07) is 87.1. The van der Waals surface area contributed by atoms with Gasteiger partial charge in [0.1, 0.15) is 11.2 Å². The standard InChI is InChI=1S/C60H40N2O/c1-2-15-41(16-3-1)44-17-12-18-45(39-44)46-19-13-20-49(40-46)61(55-26-8-6-23-52(55)53-25-14-30-59-60(53)54-24-7-11-29-58(54)63-59)47-35-31-42(32-36-47)43-33-37-48(38-34-43)62-56-27-9-4-21-50(56)51-22-5-10-28-57(51)62/h1-40H. The molecule has 0 saturated heterocycles. The highest BCUT2D eigenvalue weighted by atomic mass is 16.3. The fourth-order valence-corrected chi connectivity index (χ4v) is 9.46. The number of nitrogens with zero attached hydrogens (tertiary/aromatic N) is 2. The second-order valence-corrected chi connectivity index (χ2v) is 16.1. The molecule has 63 heavy (non-hydrogen) atoms. The number of aromatic nitrogens is 1. The summed E-state index contributed by atoms with van der Waals surface area (Å²) in [5, 5.41) is 4.75. The summed E-state index contributed by atoms with van der Waals surface area (Å²) >= 11 is 0. The molecule has 12 aromatic rings. The van der Waals surface area contributed by atoms with Crippen molar-refractivity contribution in [2.45, 2.75) is 0 Å². The lowest BCUT2D eigenvalue weighted by atomic mass is 9.96. The van der Waals surface area contributed by atoms with Crippen molar-refractivity contribution in [3.05, 3.63) is 243 Å². The first-order valence-electron chi connectivity index (χ1n) is 21.5. The number of benzene rings is 10. The Morgan fingerprint density at radius 2 is 0.825 bits per heavy atom. The molecule has 0 aliphatic heterocycles. The van der Waals surface area contributed by atoms with Crippen LogP contribution >= 0.6 is 0 Å². The fraction of sp³-hybridized carbons (Fsp3) is 0. The fourth-order valence-electron chi connectivity index (χ4n) is 9.46. The van der Waals surface area contributed by atoms with Crippen LogP contribution in [0.4, 0.5) is 17.1 Å². The molecule has 0 spiro atoms. The van der Waals surface area contributed by atoms with Gasteiger partial charge in [-0.25, -0.2) is 0 Å². The maximum atomic E-state index is 6.40. The van der Waals surface area contributed by atoms with Crippen LogP contribution in [0, 0.1) is 0 Å². The summed E-state index contributed by atoms with van der Waals surface area (Å²) < 4.78 is 8.76. The van der Waals surface area contributed by atoms with Crippen LogP contribution in [-0.4, -0.2) is 4.57 Å². The number of para-hydroxylation sites is 4. The number of hydrogen-bond acceptors (Lipinski definition) is 2. The number of furan rings is 1. The molecule has 0 bridgehead atoms. The molecule has 0 saturated carbocycles. The van der Waals surface area contributed by atoms with E-state index in [1.807, 2.05) is 6.07 Å². The van der Waals surface area contributed by atoms with Gasteiger partial charge in [-0.15, -0.1) is 0 Å². The van der Waals surface area contributed by atoms with Gasteiger partial charge in [-0.3, -0.25) is 0 Å². The van der Waals surface area contributed by atoms with E-state index in [1.165, 1.54) is 38.5 Å². The van der Waals surface area contributed by atoms with Crippen molar-refractivity contribution in [3.63, 3.8) is 0 Å². The molecule has 0 N–H and O–H groups in total. The van der Waals surface area contributed by atoms with Gasteiger partial charge in [-0.2, -0.15) is 0 Å². The van der Waals surface area contributed by atoms with Crippen LogP contribution in [0.3, 0.4) is 0 Å². The predicted molar refractivity (Wildman–Crippen MR) is 264 cm³/mol. The van der Waals surface area contributed by atoms with Gasteiger partial charge in [-0.1, -0.05) is 170 Å². The van der Waals surface area contributed by atoms with Crippen LogP contribution in [0.15, 0.2) is 247 Å². The van der Waals surface area contributed by atoms with E-state index >= 15 is 0 Å². The average Bonchev–Trinajstić information content (AvgIpc) is 3.91. The highest BCUT2D eigenvalue weighted by Crippen LogP contribution is 2.46. The van der Waals surface area contributed by atoms with E-state index in [1.54, 1.807) is 0 Å². The zero-order valence-corrected chi connectivity index (χ0v) is 34.4. The minimum absolute atomic E-state index is 0.879. The Hall–Kier alpha value is -8.40. The highest BCUT2D eigenvalue weighted by Gasteiger charge is 2.21. The van der Waals surface area contributed by atoms with Crippen molar-refractivity contribution in [3.8, 4) is 50.2 Å². The Kier molecular flexibility index (Phi) is 8.83. The van der Waals surface area contributed by atoms with Crippen molar-refractivity contribution >= 4 is 60.8 Å². The molecule has 0 aliphatic rings. The number of rotatable bonds is 8. The summed E-state index contributed by atoms with van der Waals surface area (Å²) in [4.78, 5) is 2.40. The molecule has 296 valence electrons. The van der Waals surface area contributed by atoms with Crippen LogP contribution in [-0.2, 0) is 0 Å². The van der Waals surface area contributed by atoms with E-state index < -0.39 is 0 Å². The number of hydrogen-bond donors (Lipinski definition) is 0. The molecule has 10 aromatic carbocycles. The Balaban J connectivity index is 0.973. The molecule has 0 aliphatic carbocycles. The first-order valence-corrected chi connectivity index (χ1v) is 21.5. The molecule has 12 rings (SSSR count). The monoisotopic (exact) mass is 804 g/mol. The van der Waals surface area contributed by atoms with E-state index in [2.05, 4.69) is 246 Å². The Labute approximate surface area is 366 Å². The third-order valence-electron chi connectivity index (χ3n) is 12.4. The zero-order chi connectivity index (χ0) is 41.7. The first-order chi connectivity index (χ1) is 31.2. The first kappa shape index (κ1) is 36.5. The number of fused-ring (bicyclic) bond motifs is 6. The summed E-state index contributed by atoms with van der Waals surface area (Å²) in [7, 11) is 0. The van der Waals surface area contributed by atoms with E-state index in [-0.39, 0.29) is 0 Å². The van der Waals surface area contributed by atoms with E-state index in [9.17, 15) is 0 Å². The van der Waals surface area contributed by atoms with Gasteiger partial charge in [0.15, 0.2) is 0 Å². The van der Waals surface area contributed by atoms with E-state index in [4.69, 9.17) is 4.42 Å². The Bertz CT molecular complexity index is 3560. The molecule has 0 atom stereocenters. The zero-order valence-electron chi connectivity index (χ0n) is 34.4. The maximum absolute atomic E-state index is 6.40. The van der Waals surface area contributed by atoms with Crippen LogP contribution < -0.4 is 4.90 Å². The lowest BCUT2D eigenvalue weighted by molar-refractivity contribution is 0.669. The normalized spacial score (nSPS) is 11.5. The second kappa shape index (κ2) is 15.3. The minimum Gasteiger partial charge on any atom is -0.456 e. The third-order valence-corrected chi connectivity index (χ3v) is 12.4. The highest BCUT2D eigenvalue weighted by molar-refractivity contribution is 6.14. The summed E-state index contributed by atoms with van der Waals surface area (Å²) in [5.41, 5.74) is 17.8. The molecular formula is C60H40N2O. The van der Waals surface area contributed by atoms with Gasteiger partial charge in [0.2, 0.25) is 0 Å². The molecule has 0 radical (unpaired) electrons. The second-order valence-electron chi connectivity index (χ2n) is 16.1. The lowest BCUT2D eigenvalue weighted by Crippen LogP contribution is -2.11. The molecule has 3 nitrogen and oxygen atoms in total. The lowest BCUT2D eigenvalue weighted by Gasteiger charge is -2.28. The van der Waals surface area contributed by atoms with Crippen LogP contribution in [0.1, 0.15) is 0 Å². The maximum Gasteiger partial charge on any atom is 0.136 e. The molecule has 0 fully saturated rings. The molecule has 2 heterocycles. The van der Waals surface area contributed by atoms with Gasteiger partial charge in [0.05, 0.1) is 16.7 Å². The van der Waals surface area contributed by atoms with E-state index in [0.717, 1.165) is 72.5 Å². The summed E-state index contributed by atoms with van der Waals surface area (Å²) in [5.74, 6) is 0. The quantitative estimate of drug-likeness (QED) is 0.153. The largest absolute Gasteiger partial charge is 0.456 e. The van der Waals surface area contributed by atoms with Crippen molar-refractivity contribution in [1.29, 1.82) is 0 Å². The summed E-state index contributed by atoms with van der Waals surface area (Å²) in [6.07, 6.45) is 0. The topological polar surface area (TPSA) is 21.3 Å². The van der Waals surface area contributed by atoms with Crippen molar-refractivity contribution in [2.24, 2.45) is 0 Å². The van der Waals surface area contributed by atoms with Crippen LogP contribution in [0.5, 0.6) is 0 Å². The molecule has 3 heteroatoms. The predicted octanol–water partition coefficient (Wildman–Crippen LogP) is 16.8.